The number of aromatic carboxylic acids is 1. The molecule has 0 aliphatic rings. The first kappa shape index (κ1) is 19.8. The Kier molecular flexibility index (Phi) is 5.74. The number of para-hydroxylation sites is 1. The molecule has 29 heavy (non-hydrogen) atoms. The summed E-state index contributed by atoms with van der Waals surface area (Å²) in [6, 6.07) is 18.1. The van der Waals surface area contributed by atoms with E-state index in [1.807, 2.05) is 32.0 Å². The van der Waals surface area contributed by atoms with Crippen LogP contribution in [0.25, 0.3) is 0 Å². The van der Waals surface area contributed by atoms with E-state index in [-0.39, 0.29) is 22.6 Å². The van der Waals surface area contributed by atoms with E-state index in [9.17, 15) is 19.5 Å². The Hall–Kier alpha value is -3.93. The van der Waals surface area contributed by atoms with Crippen molar-refractivity contribution in [2.75, 3.05) is 10.6 Å². The number of rotatable bonds is 5. The lowest BCUT2D eigenvalue weighted by Gasteiger charge is -2.13. The van der Waals surface area contributed by atoms with Crippen molar-refractivity contribution >= 4 is 29.2 Å². The van der Waals surface area contributed by atoms with E-state index >= 15 is 0 Å². The molecule has 6 nitrogen and oxygen atoms in total. The SMILES string of the molecule is Cc1ccc(NC(=O)c2ccccc2NC(=O)c2ccccc2C(=O)O)cc1C. The average Bonchev–Trinajstić information content (AvgIpc) is 2.71. The molecular formula is C23H20N2O4. The molecule has 0 unspecified atom stereocenters. The van der Waals surface area contributed by atoms with Gasteiger partial charge in [-0.3, -0.25) is 9.59 Å². The van der Waals surface area contributed by atoms with Crippen molar-refractivity contribution in [1.82, 2.24) is 0 Å². The molecule has 0 fully saturated rings. The largest absolute Gasteiger partial charge is 0.478 e. The minimum Gasteiger partial charge on any atom is -0.478 e. The fourth-order valence-electron chi connectivity index (χ4n) is 2.86. The molecule has 0 aliphatic heterocycles. The third-order valence-corrected chi connectivity index (χ3v) is 4.59. The maximum absolute atomic E-state index is 12.8. The maximum atomic E-state index is 12.8. The summed E-state index contributed by atoms with van der Waals surface area (Å²) in [5, 5.41) is 14.8. The number of hydrogen-bond donors (Lipinski definition) is 3. The maximum Gasteiger partial charge on any atom is 0.336 e. The summed E-state index contributed by atoms with van der Waals surface area (Å²) in [7, 11) is 0. The van der Waals surface area contributed by atoms with Crippen LogP contribution in [0, 0.1) is 13.8 Å². The highest BCUT2D eigenvalue weighted by Crippen LogP contribution is 2.21. The molecule has 0 bridgehead atoms. The number of aryl methyl sites for hydroxylation is 2. The third kappa shape index (κ3) is 4.50. The predicted molar refractivity (Wildman–Crippen MR) is 112 cm³/mol. The quantitative estimate of drug-likeness (QED) is 0.599. The Balaban J connectivity index is 1.85. The second kappa shape index (κ2) is 8.39. The topological polar surface area (TPSA) is 95.5 Å². The van der Waals surface area contributed by atoms with Crippen molar-refractivity contribution < 1.29 is 19.5 Å². The van der Waals surface area contributed by atoms with Gasteiger partial charge in [0.15, 0.2) is 0 Å². The zero-order valence-corrected chi connectivity index (χ0v) is 16.0. The van der Waals surface area contributed by atoms with Crippen molar-refractivity contribution in [2.24, 2.45) is 0 Å². The van der Waals surface area contributed by atoms with Gasteiger partial charge in [-0.15, -0.1) is 0 Å². The molecule has 3 N–H and O–H groups in total. The molecule has 3 rings (SSSR count). The van der Waals surface area contributed by atoms with Gasteiger partial charge in [0.05, 0.1) is 22.4 Å². The van der Waals surface area contributed by atoms with Crippen LogP contribution in [0.5, 0.6) is 0 Å². The monoisotopic (exact) mass is 388 g/mol. The third-order valence-electron chi connectivity index (χ3n) is 4.59. The van der Waals surface area contributed by atoms with Crippen LogP contribution in [0.4, 0.5) is 11.4 Å². The first-order valence-electron chi connectivity index (χ1n) is 8.98. The fraction of sp³-hybridized carbons (Fsp3) is 0.0870. The number of amides is 2. The molecular weight excluding hydrogens is 368 g/mol. The van der Waals surface area contributed by atoms with Gasteiger partial charge in [0, 0.05) is 5.69 Å². The Morgan fingerprint density at radius 3 is 1.93 bits per heavy atom. The summed E-state index contributed by atoms with van der Waals surface area (Å²) < 4.78 is 0. The molecule has 3 aromatic carbocycles. The smallest absolute Gasteiger partial charge is 0.336 e. The number of carboxylic acid groups (broad SMARTS) is 1. The first-order valence-corrected chi connectivity index (χ1v) is 8.98. The molecule has 0 aromatic heterocycles. The molecule has 0 saturated heterocycles. The van der Waals surface area contributed by atoms with Gasteiger partial charge in [0.2, 0.25) is 0 Å². The number of carbonyl (C=O) groups excluding carboxylic acids is 2. The van der Waals surface area contributed by atoms with Gasteiger partial charge in [0.25, 0.3) is 11.8 Å². The normalized spacial score (nSPS) is 10.3. The predicted octanol–water partition coefficient (Wildman–Crippen LogP) is 4.51. The number of hydrogen-bond acceptors (Lipinski definition) is 3. The fourth-order valence-corrected chi connectivity index (χ4v) is 2.86. The summed E-state index contributed by atoms with van der Waals surface area (Å²) in [6.45, 7) is 3.94. The van der Waals surface area contributed by atoms with Crippen LogP contribution in [0.2, 0.25) is 0 Å². The molecule has 0 spiro atoms. The van der Waals surface area contributed by atoms with Crippen LogP contribution in [0.3, 0.4) is 0 Å². The van der Waals surface area contributed by atoms with Gasteiger partial charge in [-0.1, -0.05) is 30.3 Å². The van der Waals surface area contributed by atoms with E-state index in [4.69, 9.17) is 0 Å². The van der Waals surface area contributed by atoms with E-state index < -0.39 is 11.9 Å². The van der Waals surface area contributed by atoms with Gasteiger partial charge in [-0.2, -0.15) is 0 Å². The number of anilines is 2. The minimum absolute atomic E-state index is 0.0179. The number of carbonyl (C=O) groups is 3. The van der Waals surface area contributed by atoms with E-state index in [2.05, 4.69) is 10.6 Å². The zero-order valence-electron chi connectivity index (χ0n) is 16.0. The first-order chi connectivity index (χ1) is 13.9. The van der Waals surface area contributed by atoms with Crippen molar-refractivity contribution in [3.63, 3.8) is 0 Å². The van der Waals surface area contributed by atoms with Crippen LogP contribution in [0.15, 0.2) is 66.7 Å². The van der Waals surface area contributed by atoms with Crippen molar-refractivity contribution in [3.8, 4) is 0 Å². The number of benzene rings is 3. The molecule has 0 radical (unpaired) electrons. The van der Waals surface area contributed by atoms with Gasteiger partial charge in [-0.25, -0.2) is 4.79 Å². The van der Waals surface area contributed by atoms with Crippen molar-refractivity contribution in [2.45, 2.75) is 13.8 Å². The Labute approximate surface area is 168 Å². The summed E-state index contributed by atoms with van der Waals surface area (Å²) in [6.07, 6.45) is 0. The Morgan fingerprint density at radius 2 is 1.28 bits per heavy atom. The highest BCUT2D eigenvalue weighted by atomic mass is 16.4. The summed E-state index contributed by atoms with van der Waals surface area (Å²) >= 11 is 0. The van der Waals surface area contributed by atoms with Gasteiger partial charge in [-0.05, 0) is 61.4 Å². The lowest BCUT2D eigenvalue weighted by Crippen LogP contribution is -2.20. The summed E-state index contributed by atoms with van der Waals surface area (Å²) in [4.78, 5) is 36.8. The summed E-state index contributed by atoms with van der Waals surface area (Å²) in [5.41, 5.74) is 3.29. The molecule has 0 saturated carbocycles. The lowest BCUT2D eigenvalue weighted by atomic mass is 10.1. The zero-order chi connectivity index (χ0) is 21.0. The second-order valence-corrected chi connectivity index (χ2v) is 6.60. The van der Waals surface area contributed by atoms with Crippen LogP contribution >= 0.6 is 0 Å². The standard InChI is InChI=1S/C23H20N2O4/c1-14-11-12-16(13-15(14)2)24-22(27)19-9-5-6-10-20(19)25-21(26)17-7-3-4-8-18(17)23(28)29/h3-13H,1-2H3,(H,24,27)(H,25,26)(H,28,29). The molecule has 6 heteroatoms. The van der Waals surface area contributed by atoms with E-state index in [0.29, 0.717) is 11.4 Å². The summed E-state index contributed by atoms with van der Waals surface area (Å²) in [5.74, 6) is -2.18. The van der Waals surface area contributed by atoms with E-state index in [1.165, 1.54) is 12.1 Å². The Bertz CT molecular complexity index is 1110. The number of nitrogens with one attached hydrogen (secondary N) is 2. The highest BCUT2D eigenvalue weighted by molar-refractivity contribution is 6.14. The Morgan fingerprint density at radius 1 is 0.690 bits per heavy atom. The van der Waals surface area contributed by atoms with Crippen molar-refractivity contribution in [3.05, 3.63) is 94.5 Å². The second-order valence-electron chi connectivity index (χ2n) is 6.60. The van der Waals surface area contributed by atoms with Crippen LogP contribution in [-0.4, -0.2) is 22.9 Å². The minimum atomic E-state index is -1.20. The molecule has 3 aromatic rings. The highest BCUT2D eigenvalue weighted by Gasteiger charge is 2.18. The van der Waals surface area contributed by atoms with E-state index in [0.717, 1.165) is 11.1 Å². The number of carboxylic acids is 1. The molecule has 0 aliphatic carbocycles. The van der Waals surface area contributed by atoms with Gasteiger partial charge < -0.3 is 15.7 Å². The van der Waals surface area contributed by atoms with E-state index in [1.54, 1.807) is 36.4 Å². The molecule has 146 valence electrons. The van der Waals surface area contributed by atoms with Crippen LogP contribution < -0.4 is 10.6 Å². The van der Waals surface area contributed by atoms with Crippen molar-refractivity contribution in [1.29, 1.82) is 0 Å². The van der Waals surface area contributed by atoms with Crippen LogP contribution in [-0.2, 0) is 0 Å². The molecule has 0 atom stereocenters. The van der Waals surface area contributed by atoms with Gasteiger partial charge in [0.1, 0.15) is 0 Å². The molecule has 0 heterocycles. The molecule has 2 amide bonds. The lowest BCUT2D eigenvalue weighted by molar-refractivity contribution is 0.0692. The van der Waals surface area contributed by atoms with Gasteiger partial charge >= 0.3 is 5.97 Å². The van der Waals surface area contributed by atoms with Crippen LogP contribution in [0.1, 0.15) is 42.2 Å². The average molecular weight is 388 g/mol.